The van der Waals surface area contributed by atoms with E-state index in [0.717, 1.165) is 32.1 Å². The van der Waals surface area contributed by atoms with Gasteiger partial charge in [0, 0.05) is 11.3 Å². The third kappa shape index (κ3) is 3.59. The summed E-state index contributed by atoms with van der Waals surface area (Å²) in [5, 5.41) is 14.8. The fourth-order valence-electron chi connectivity index (χ4n) is 3.24. The second-order valence-electron chi connectivity index (χ2n) is 6.11. The molecule has 0 atom stereocenters. The average molecular weight is 300 g/mol. The molecule has 0 aromatic rings. The first-order valence-electron chi connectivity index (χ1n) is 7.32. The smallest absolute Gasteiger partial charge is 0.315 e. The van der Waals surface area contributed by atoms with Gasteiger partial charge in [-0.05, 0) is 38.4 Å². The van der Waals surface area contributed by atoms with E-state index in [1.54, 1.807) is 0 Å². The second kappa shape index (κ2) is 6.24. The predicted molar refractivity (Wildman–Crippen MR) is 80.1 cm³/mol. The number of hydrogen-bond acceptors (Lipinski definition) is 3. The number of carbonyl (C=O) groups is 2. The maximum absolute atomic E-state index is 12.0. The number of thioether (sulfide) groups is 1. The molecule has 0 aromatic heterocycles. The van der Waals surface area contributed by atoms with Crippen LogP contribution in [0.1, 0.15) is 51.4 Å². The fraction of sp³-hybridized carbons (Fsp3) is 0.857. The third-order valence-corrected chi connectivity index (χ3v) is 6.12. The molecule has 2 saturated carbocycles. The van der Waals surface area contributed by atoms with Gasteiger partial charge in [0.25, 0.3) is 0 Å². The maximum Gasteiger partial charge on any atom is 0.315 e. The summed E-state index contributed by atoms with van der Waals surface area (Å²) in [6.45, 7) is 0.670. The molecule has 6 heteroatoms. The van der Waals surface area contributed by atoms with Crippen LogP contribution in [0.2, 0.25) is 0 Å². The van der Waals surface area contributed by atoms with Crippen LogP contribution in [0.3, 0.4) is 0 Å². The molecule has 5 nitrogen and oxygen atoms in total. The number of rotatable bonds is 6. The molecule has 114 valence electrons. The van der Waals surface area contributed by atoms with Crippen LogP contribution in [0.25, 0.3) is 0 Å². The number of carboxylic acid groups (broad SMARTS) is 1. The topological polar surface area (TPSA) is 78.4 Å². The van der Waals surface area contributed by atoms with E-state index in [1.165, 1.54) is 12.8 Å². The van der Waals surface area contributed by atoms with Gasteiger partial charge in [-0.3, -0.25) is 4.79 Å². The first kappa shape index (κ1) is 15.5. The highest BCUT2D eigenvalue weighted by Crippen LogP contribution is 2.39. The molecule has 2 fully saturated rings. The monoisotopic (exact) mass is 300 g/mol. The van der Waals surface area contributed by atoms with Crippen molar-refractivity contribution in [3.63, 3.8) is 0 Å². The van der Waals surface area contributed by atoms with Crippen LogP contribution in [0, 0.1) is 0 Å². The van der Waals surface area contributed by atoms with Gasteiger partial charge in [0.1, 0.15) is 0 Å². The SMILES string of the molecule is CSC1(CNC(=O)NC2(CC(=O)O)CCC2)CCCC1. The molecular weight excluding hydrogens is 276 g/mol. The van der Waals surface area contributed by atoms with Crippen molar-refractivity contribution >= 4 is 23.8 Å². The van der Waals surface area contributed by atoms with Crippen molar-refractivity contribution in [1.82, 2.24) is 10.6 Å². The summed E-state index contributed by atoms with van der Waals surface area (Å²) in [5.41, 5.74) is -0.516. The van der Waals surface area contributed by atoms with E-state index in [0.29, 0.717) is 6.54 Å². The Morgan fingerprint density at radius 3 is 2.25 bits per heavy atom. The normalized spacial score (nSPS) is 22.9. The fourth-order valence-corrected chi connectivity index (χ4v) is 4.15. The summed E-state index contributed by atoms with van der Waals surface area (Å²) in [7, 11) is 0. The molecule has 0 unspecified atom stereocenters. The molecule has 0 aliphatic heterocycles. The molecule has 2 aliphatic rings. The summed E-state index contributed by atoms with van der Waals surface area (Å²) in [5.74, 6) is -0.846. The van der Waals surface area contributed by atoms with Gasteiger partial charge in [-0.15, -0.1) is 0 Å². The minimum absolute atomic E-state index is 0.0219. The number of hydrogen-bond donors (Lipinski definition) is 3. The maximum atomic E-state index is 12.0. The van der Waals surface area contributed by atoms with E-state index >= 15 is 0 Å². The molecule has 2 amide bonds. The van der Waals surface area contributed by atoms with Gasteiger partial charge in [-0.2, -0.15) is 11.8 Å². The van der Waals surface area contributed by atoms with E-state index < -0.39 is 11.5 Å². The number of carbonyl (C=O) groups excluding carboxylic acids is 1. The Morgan fingerprint density at radius 1 is 1.15 bits per heavy atom. The first-order valence-corrected chi connectivity index (χ1v) is 8.55. The van der Waals surface area contributed by atoms with Crippen LogP contribution in [0.15, 0.2) is 0 Å². The van der Waals surface area contributed by atoms with E-state index in [9.17, 15) is 9.59 Å². The van der Waals surface area contributed by atoms with E-state index in [2.05, 4.69) is 16.9 Å². The zero-order valence-electron chi connectivity index (χ0n) is 12.0. The lowest BCUT2D eigenvalue weighted by Crippen LogP contribution is -2.58. The van der Waals surface area contributed by atoms with Crippen molar-refractivity contribution in [1.29, 1.82) is 0 Å². The second-order valence-corrected chi connectivity index (χ2v) is 7.38. The standard InChI is InChI=1S/C14H24N2O3S/c1-20-14(7-2-3-8-14)10-15-12(19)16-13(5-4-6-13)9-11(17)18/h2-10H2,1H3,(H,17,18)(H2,15,16,19). The zero-order valence-corrected chi connectivity index (χ0v) is 12.9. The summed E-state index contributed by atoms with van der Waals surface area (Å²) in [4.78, 5) is 22.9. The Balaban J connectivity index is 1.81. The van der Waals surface area contributed by atoms with Crippen LogP contribution in [-0.2, 0) is 4.79 Å². The van der Waals surface area contributed by atoms with Crippen molar-refractivity contribution < 1.29 is 14.7 Å². The van der Waals surface area contributed by atoms with Crippen molar-refractivity contribution in [3.8, 4) is 0 Å². The lowest BCUT2D eigenvalue weighted by molar-refractivity contribution is -0.139. The van der Waals surface area contributed by atoms with Crippen LogP contribution in [-0.4, -0.2) is 40.2 Å². The van der Waals surface area contributed by atoms with Gasteiger partial charge >= 0.3 is 12.0 Å². The first-order chi connectivity index (χ1) is 9.49. The van der Waals surface area contributed by atoms with Crippen molar-refractivity contribution in [2.24, 2.45) is 0 Å². The number of aliphatic carboxylic acids is 1. The molecule has 0 aromatic carbocycles. The summed E-state index contributed by atoms with van der Waals surface area (Å²) in [6.07, 6.45) is 9.39. The zero-order chi connectivity index (χ0) is 14.6. The van der Waals surface area contributed by atoms with Gasteiger partial charge in [0.15, 0.2) is 0 Å². The Labute approximate surface area is 124 Å². The molecule has 20 heavy (non-hydrogen) atoms. The van der Waals surface area contributed by atoms with Crippen LogP contribution >= 0.6 is 11.8 Å². The number of urea groups is 1. The third-order valence-electron chi connectivity index (χ3n) is 4.70. The molecule has 0 spiro atoms. The Hall–Kier alpha value is -0.910. The Morgan fingerprint density at radius 2 is 1.80 bits per heavy atom. The molecule has 3 N–H and O–H groups in total. The van der Waals surface area contributed by atoms with Crippen LogP contribution < -0.4 is 10.6 Å². The van der Waals surface area contributed by atoms with Crippen LogP contribution in [0.5, 0.6) is 0 Å². The van der Waals surface area contributed by atoms with Gasteiger partial charge in [0.05, 0.1) is 12.0 Å². The highest BCUT2D eigenvalue weighted by Gasteiger charge is 2.41. The largest absolute Gasteiger partial charge is 0.481 e. The summed E-state index contributed by atoms with van der Waals surface area (Å²) >= 11 is 1.83. The van der Waals surface area contributed by atoms with Gasteiger partial charge in [0.2, 0.25) is 0 Å². The Bertz CT molecular complexity index is 377. The van der Waals surface area contributed by atoms with Crippen molar-refractivity contribution in [3.05, 3.63) is 0 Å². The van der Waals surface area contributed by atoms with Gasteiger partial charge < -0.3 is 15.7 Å². The quantitative estimate of drug-likeness (QED) is 0.703. The molecular formula is C14H24N2O3S. The van der Waals surface area contributed by atoms with Gasteiger partial charge in [-0.25, -0.2) is 4.79 Å². The molecule has 0 heterocycles. The highest BCUT2D eigenvalue weighted by molar-refractivity contribution is 8.00. The number of nitrogens with one attached hydrogen (secondary N) is 2. The van der Waals surface area contributed by atoms with Crippen LogP contribution in [0.4, 0.5) is 4.79 Å². The number of carboxylic acids is 1. The molecule has 0 saturated heterocycles. The van der Waals surface area contributed by atoms with E-state index in [1.807, 2.05) is 11.8 Å². The molecule has 0 bridgehead atoms. The number of amides is 2. The van der Waals surface area contributed by atoms with Crippen molar-refractivity contribution in [2.45, 2.75) is 61.7 Å². The summed E-state index contributed by atoms with van der Waals surface area (Å²) < 4.78 is 0.177. The summed E-state index contributed by atoms with van der Waals surface area (Å²) in [6, 6.07) is -0.216. The lowest BCUT2D eigenvalue weighted by Gasteiger charge is -2.41. The minimum atomic E-state index is -0.846. The molecule has 0 radical (unpaired) electrons. The molecule has 2 aliphatic carbocycles. The minimum Gasteiger partial charge on any atom is -0.481 e. The predicted octanol–water partition coefficient (Wildman–Crippen LogP) is 2.36. The van der Waals surface area contributed by atoms with E-state index in [4.69, 9.17) is 5.11 Å². The highest BCUT2D eigenvalue weighted by atomic mass is 32.2. The van der Waals surface area contributed by atoms with Crippen molar-refractivity contribution in [2.75, 3.05) is 12.8 Å². The van der Waals surface area contributed by atoms with Gasteiger partial charge in [-0.1, -0.05) is 12.8 Å². The average Bonchev–Trinajstić information content (AvgIpc) is 2.82. The van der Waals surface area contributed by atoms with E-state index in [-0.39, 0.29) is 17.2 Å². The Kier molecular flexibility index (Phi) is 4.83. The molecule has 2 rings (SSSR count). The lowest BCUT2D eigenvalue weighted by atomic mass is 9.74.